The number of nitrogens with zero attached hydrogens (tertiary/aromatic N) is 1. The van der Waals surface area contributed by atoms with Gasteiger partial charge in [-0.05, 0) is 42.8 Å². The Balaban J connectivity index is 1.94. The van der Waals surface area contributed by atoms with Gasteiger partial charge in [-0.3, -0.25) is 10.2 Å². The third-order valence-corrected chi connectivity index (χ3v) is 5.02. The quantitative estimate of drug-likeness (QED) is 0.317. The highest BCUT2D eigenvalue weighted by Crippen LogP contribution is 2.31. The first kappa shape index (κ1) is 18.2. The van der Waals surface area contributed by atoms with Crippen molar-refractivity contribution >= 4 is 38.2 Å². The molecule has 0 aliphatic rings. The van der Waals surface area contributed by atoms with E-state index < -0.39 is 0 Å². The molecule has 1 heterocycles. The summed E-state index contributed by atoms with van der Waals surface area (Å²) in [6.45, 7) is 1.84. The second kappa shape index (κ2) is 7.82. The molecule has 0 spiro atoms. The highest BCUT2D eigenvalue weighted by Gasteiger charge is 2.17. The van der Waals surface area contributed by atoms with E-state index >= 15 is 0 Å². The van der Waals surface area contributed by atoms with Crippen LogP contribution in [0, 0.1) is 0 Å². The van der Waals surface area contributed by atoms with Crippen molar-refractivity contribution in [2.45, 2.75) is 6.92 Å². The molecule has 0 saturated heterocycles. The van der Waals surface area contributed by atoms with Gasteiger partial charge in [-0.1, -0.05) is 64.5 Å². The van der Waals surface area contributed by atoms with Crippen molar-refractivity contribution in [2.24, 2.45) is 5.10 Å². The Kier molecular flexibility index (Phi) is 5.08. The van der Waals surface area contributed by atoms with Crippen LogP contribution in [0.25, 0.3) is 22.0 Å². The van der Waals surface area contributed by atoms with E-state index in [2.05, 4.69) is 31.4 Å². The minimum atomic E-state index is -0.162. The van der Waals surface area contributed by atoms with Gasteiger partial charge < -0.3 is 4.98 Å². The fourth-order valence-corrected chi connectivity index (χ4v) is 3.59. The molecule has 4 aromatic rings. The van der Waals surface area contributed by atoms with Gasteiger partial charge in [0.25, 0.3) is 5.56 Å². The summed E-state index contributed by atoms with van der Waals surface area (Å²) >= 11 is 3.55. The summed E-state index contributed by atoms with van der Waals surface area (Å²) in [7, 11) is 0. The van der Waals surface area contributed by atoms with Crippen molar-refractivity contribution in [3.63, 3.8) is 0 Å². The van der Waals surface area contributed by atoms with E-state index in [0.29, 0.717) is 11.3 Å². The van der Waals surface area contributed by atoms with Crippen LogP contribution in [0.4, 0.5) is 5.69 Å². The summed E-state index contributed by atoms with van der Waals surface area (Å²) in [4.78, 5) is 16.0. The average Bonchev–Trinajstić information content (AvgIpc) is 2.73. The first-order valence-corrected chi connectivity index (χ1v) is 9.69. The van der Waals surface area contributed by atoms with Gasteiger partial charge in [0.15, 0.2) is 0 Å². The lowest BCUT2D eigenvalue weighted by Gasteiger charge is -2.13. The second-order valence-electron chi connectivity index (χ2n) is 6.44. The molecule has 3 aromatic carbocycles. The smallest absolute Gasteiger partial charge is 0.258 e. The molecule has 4 nitrogen and oxygen atoms in total. The van der Waals surface area contributed by atoms with Crippen LogP contribution < -0.4 is 11.0 Å². The zero-order valence-corrected chi connectivity index (χ0v) is 16.8. The summed E-state index contributed by atoms with van der Waals surface area (Å²) in [6.07, 6.45) is 0. The van der Waals surface area contributed by atoms with Gasteiger partial charge in [0.1, 0.15) is 0 Å². The number of aromatic nitrogens is 1. The standard InChI is InChI=1S/C23H18BrN3O/c1-15(26-27-18-10-6-3-7-11-18)21-22(16-8-4-2-5-9-16)19-14-17(24)12-13-20(19)25-23(21)28/h2-14,27H,1H3,(H,25,28). The maximum absolute atomic E-state index is 13.0. The molecule has 0 aliphatic heterocycles. The second-order valence-corrected chi connectivity index (χ2v) is 7.35. The Morgan fingerprint density at radius 3 is 2.36 bits per heavy atom. The Bertz CT molecular complexity index is 1220. The summed E-state index contributed by atoms with van der Waals surface area (Å²) in [6, 6.07) is 25.4. The fraction of sp³-hybridized carbons (Fsp3) is 0.0435. The van der Waals surface area contributed by atoms with E-state index in [1.165, 1.54) is 0 Å². The number of aromatic amines is 1. The van der Waals surface area contributed by atoms with Crippen molar-refractivity contribution in [1.82, 2.24) is 4.98 Å². The molecule has 0 amide bonds. The number of H-pyrrole nitrogens is 1. The largest absolute Gasteiger partial charge is 0.321 e. The molecule has 4 rings (SSSR count). The molecule has 138 valence electrons. The van der Waals surface area contributed by atoms with Crippen LogP contribution in [0.5, 0.6) is 0 Å². The van der Waals surface area contributed by atoms with Crippen molar-refractivity contribution < 1.29 is 0 Å². The van der Waals surface area contributed by atoms with E-state index in [4.69, 9.17) is 0 Å². The Morgan fingerprint density at radius 1 is 0.964 bits per heavy atom. The summed E-state index contributed by atoms with van der Waals surface area (Å²) < 4.78 is 0.951. The van der Waals surface area contributed by atoms with Crippen molar-refractivity contribution in [1.29, 1.82) is 0 Å². The van der Waals surface area contributed by atoms with Crippen LogP contribution in [0.2, 0.25) is 0 Å². The van der Waals surface area contributed by atoms with Gasteiger partial charge in [-0.15, -0.1) is 0 Å². The molecule has 0 radical (unpaired) electrons. The molecule has 28 heavy (non-hydrogen) atoms. The third kappa shape index (κ3) is 3.62. The number of anilines is 1. The maximum Gasteiger partial charge on any atom is 0.258 e. The highest BCUT2D eigenvalue weighted by molar-refractivity contribution is 9.10. The van der Waals surface area contributed by atoms with Crippen molar-refractivity contribution in [3.8, 4) is 11.1 Å². The third-order valence-electron chi connectivity index (χ3n) is 4.53. The maximum atomic E-state index is 13.0. The number of para-hydroxylation sites is 1. The van der Waals surface area contributed by atoms with Crippen molar-refractivity contribution in [3.05, 3.63) is 99.3 Å². The zero-order chi connectivity index (χ0) is 19.5. The molecular weight excluding hydrogens is 414 g/mol. The number of rotatable bonds is 4. The van der Waals surface area contributed by atoms with E-state index in [1.54, 1.807) is 0 Å². The number of hydrogen-bond acceptors (Lipinski definition) is 3. The number of nitrogens with one attached hydrogen (secondary N) is 2. The minimum Gasteiger partial charge on any atom is -0.321 e. The summed E-state index contributed by atoms with van der Waals surface area (Å²) in [5, 5.41) is 5.44. The monoisotopic (exact) mass is 431 g/mol. The van der Waals surface area contributed by atoms with Crippen LogP contribution in [-0.4, -0.2) is 10.7 Å². The lowest BCUT2D eigenvalue weighted by molar-refractivity contribution is 1.26. The predicted molar refractivity (Wildman–Crippen MR) is 120 cm³/mol. The molecule has 5 heteroatoms. The molecule has 0 saturated carbocycles. The van der Waals surface area contributed by atoms with Crippen LogP contribution in [0.3, 0.4) is 0 Å². The SMILES string of the molecule is CC(=NNc1ccccc1)c1c(-c2ccccc2)c2cc(Br)ccc2[nH]c1=O. The molecule has 0 fully saturated rings. The Labute approximate surface area is 171 Å². The van der Waals surface area contributed by atoms with Gasteiger partial charge >= 0.3 is 0 Å². The van der Waals surface area contributed by atoms with Crippen molar-refractivity contribution in [2.75, 3.05) is 5.43 Å². The molecule has 0 bridgehead atoms. The summed E-state index contributed by atoms with van der Waals surface area (Å²) in [5.41, 5.74) is 7.54. The normalized spacial score (nSPS) is 11.6. The molecule has 0 unspecified atom stereocenters. The highest BCUT2D eigenvalue weighted by atomic mass is 79.9. The zero-order valence-electron chi connectivity index (χ0n) is 15.2. The van der Waals surface area contributed by atoms with Gasteiger partial charge in [0.05, 0.1) is 17.0 Å². The molecule has 0 atom stereocenters. The average molecular weight is 432 g/mol. The number of fused-ring (bicyclic) bond motifs is 1. The Hall–Kier alpha value is -3.18. The van der Waals surface area contributed by atoms with Gasteiger partial charge in [0, 0.05) is 20.9 Å². The minimum absolute atomic E-state index is 0.162. The Morgan fingerprint density at radius 2 is 1.64 bits per heavy atom. The predicted octanol–water partition coefficient (Wildman–Crippen LogP) is 5.79. The first-order chi connectivity index (χ1) is 13.6. The topological polar surface area (TPSA) is 57.2 Å². The van der Waals surface area contributed by atoms with Gasteiger partial charge in [-0.25, -0.2) is 0 Å². The number of halogens is 1. The molecule has 0 aliphatic carbocycles. The van der Waals surface area contributed by atoms with Crippen LogP contribution in [-0.2, 0) is 0 Å². The molecule has 2 N–H and O–H groups in total. The van der Waals surface area contributed by atoms with E-state index in [1.807, 2.05) is 85.8 Å². The number of hydrogen-bond donors (Lipinski definition) is 2. The van der Waals surface area contributed by atoms with Gasteiger partial charge in [-0.2, -0.15) is 5.10 Å². The fourth-order valence-electron chi connectivity index (χ4n) is 3.23. The van der Waals surface area contributed by atoms with Crippen LogP contribution in [0.15, 0.2) is 93.2 Å². The number of pyridine rings is 1. The van der Waals surface area contributed by atoms with E-state index in [-0.39, 0.29) is 5.56 Å². The van der Waals surface area contributed by atoms with Crippen LogP contribution >= 0.6 is 15.9 Å². The number of hydrazone groups is 1. The van der Waals surface area contributed by atoms with Crippen LogP contribution in [0.1, 0.15) is 12.5 Å². The lowest BCUT2D eigenvalue weighted by Crippen LogP contribution is -2.19. The van der Waals surface area contributed by atoms with E-state index in [9.17, 15) is 4.79 Å². The van der Waals surface area contributed by atoms with Gasteiger partial charge in [0.2, 0.25) is 0 Å². The lowest BCUT2D eigenvalue weighted by atomic mass is 9.94. The molecule has 1 aromatic heterocycles. The first-order valence-electron chi connectivity index (χ1n) is 8.90. The number of benzene rings is 3. The molecular formula is C23H18BrN3O. The summed E-state index contributed by atoms with van der Waals surface area (Å²) in [5.74, 6) is 0. The van der Waals surface area contributed by atoms with E-state index in [0.717, 1.165) is 32.2 Å².